The average molecular weight is 364 g/mol. The summed E-state index contributed by atoms with van der Waals surface area (Å²) in [6, 6.07) is 5.28. The van der Waals surface area contributed by atoms with E-state index < -0.39 is 23.4 Å². The van der Waals surface area contributed by atoms with Gasteiger partial charge in [0.15, 0.2) is 0 Å². The van der Waals surface area contributed by atoms with Crippen molar-refractivity contribution in [2.45, 2.75) is 38.0 Å². The maximum atomic E-state index is 13.0. The smallest absolute Gasteiger partial charge is 0.406 e. The van der Waals surface area contributed by atoms with E-state index in [1.54, 1.807) is 17.3 Å². The number of nitrogens with zero attached hydrogens (tertiary/aromatic N) is 1. The van der Waals surface area contributed by atoms with E-state index in [0.29, 0.717) is 5.69 Å². The van der Waals surface area contributed by atoms with Crippen molar-refractivity contribution < 1.29 is 31.1 Å². The minimum absolute atomic E-state index is 0.0780. The Morgan fingerprint density at radius 3 is 2.12 bits per heavy atom. The van der Waals surface area contributed by atoms with E-state index in [-0.39, 0.29) is 31.2 Å². The standard InChI is InChI=1S/C16H14F6N2O/c17-15(18,19)14-7-13(8-14,9-14)12-23-5-6-24(12)10-1-3-11(4-2-10)25-16(20,21)22/h1-6,12,23H,7-9H2. The molecule has 0 amide bonds. The number of halogens is 6. The van der Waals surface area contributed by atoms with Crippen molar-refractivity contribution in [3.63, 3.8) is 0 Å². The van der Waals surface area contributed by atoms with Crippen LogP contribution in [0.2, 0.25) is 0 Å². The molecule has 3 saturated carbocycles. The predicted octanol–water partition coefficient (Wildman–Crippen LogP) is 4.52. The molecule has 136 valence electrons. The summed E-state index contributed by atoms with van der Waals surface area (Å²) in [6.07, 6.45) is -5.71. The van der Waals surface area contributed by atoms with Crippen LogP contribution < -0.4 is 15.0 Å². The first-order valence-electron chi connectivity index (χ1n) is 7.67. The van der Waals surface area contributed by atoms with Crippen LogP contribution in [-0.4, -0.2) is 18.7 Å². The zero-order valence-electron chi connectivity index (χ0n) is 12.8. The molecule has 1 aromatic rings. The molecule has 3 nitrogen and oxygen atoms in total. The van der Waals surface area contributed by atoms with Crippen molar-refractivity contribution in [2.24, 2.45) is 10.8 Å². The minimum Gasteiger partial charge on any atom is -0.406 e. The Bertz CT molecular complexity index is 689. The maximum absolute atomic E-state index is 13.0. The van der Waals surface area contributed by atoms with Gasteiger partial charge in [0.1, 0.15) is 11.9 Å². The molecular formula is C16H14F6N2O. The van der Waals surface area contributed by atoms with Crippen molar-refractivity contribution in [2.75, 3.05) is 4.90 Å². The summed E-state index contributed by atoms with van der Waals surface area (Å²) >= 11 is 0. The van der Waals surface area contributed by atoms with Gasteiger partial charge >= 0.3 is 12.5 Å². The first-order chi connectivity index (χ1) is 11.5. The monoisotopic (exact) mass is 364 g/mol. The van der Waals surface area contributed by atoms with Crippen LogP contribution in [0.15, 0.2) is 36.7 Å². The quantitative estimate of drug-likeness (QED) is 0.798. The number of anilines is 1. The number of hydrogen-bond acceptors (Lipinski definition) is 3. The van der Waals surface area contributed by atoms with Crippen LogP contribution in [0.4, 0.5) is 32.0 Å². The Hall–Kier alpha value is -2.06. The molecule has 0 saturated heterocycles. The van der Waals surface area contributed by atoms with Gasteiger partial charge in [-0.15, -0.1) is 13.2 Å². The fraction of sp³-hybridized carbons (Fsp3) is 0.500. The van der Waals surface area contributed by atoms with Crippen LogP contribution in [0.1, 0.15) is 19.3 Å². The number of alkyl halides is 6. The molecule has 1 unspecified atom stereocenters. The molecule has 3 fully saturated rings. The number of benzene rings is 1. The third-order valence-corrected chi connectivity index (χ3v) is 5.39. The summed E-state index contributed by atoms with van der Waals surface area (Å²) in [6.45, 7) is 0. The van der Waals surface area contributed by atoms with Crippen molar-refractivity contribution in [3.05, 3.63) is 36.7 Å². The molecule has 1 heterocycles. The maximum Gasteiger partial charge on any atom is 0.573 e. The molecule has 0 spiro atoms. The number of rotatable bonds is 3. The first kappa shape index (κ1) is 16.4. The van der Waals surface area contributed by atoms with Gasteiger partial charge in [0.05, 0.1) is 5.41 Å². The van der Waals surface area contributed by atoms with Crippen LogP contribution in [0.3, 0.4) is 0 Å². The number of nitrogens with one attached hydrogen (secondary N) is 1. The van der Waals surface area contributed by atoms with Crippen LogP contribution in [-0.2, 0) is 0 Å². The Labute approximate surface area is 139 Å². The Balaban J connectivity index is 1.47. The number of ether oxygens (including phenoxy) is 1. The van der Waals surface area contributed by atoms with E-state index in [9.17, 15) is 26.3 Å². The molecule has 2 bridgehead atoms. The molecule has 5 rings (SSSR count). The summed E-state index contributed by atoms with van der Waals surface area (Å²) in [5.41, 5.74) is -1.42. The molecule has 1 N–H and O–H groups in total. The normalized spacial score (nSPS) is 33.5. The first-order valence-corrected chi connectivity index (χ1v) is 7.67. The van der Waals surface area contributed by atoms with Crippen LogP contribution >= 0.6 is 0 Å². The largest absolute Gasteiger partial charge is 0.573 e. The lowest BCUT2D eigenvalue weighted by atomic mass is 9.33. The molecule has 1 aliphatic heterocycles. The molecule has 1 atom stereocenters. The lowest BCUT2D eigenvalue weighted by molar-refractivity contribution is -0.368. The van der Waals surface area contributed by atoms with Crippen LogP contribution in [0.5, 0.6) is 5.75 Å². The molecular weight excluding hydrogens is 350 g/mol. The van der Waals surface area contributed by atoms with E-state index in [4.69, 9.17) is 0 Å². The van der Waals surface area contributed by atoms with Gasteiger partial charge in [-0.25, -0.2) is 0 Å². The molecule has 0 radical (unpaired) electrons. The van der Waals surface area contributed by atoms with E-state index in [2.05, 4.69) is 10.1 Å². The van der Waals surface area contributed by atoms with Gasteiger partial charge in [-0.2, -0.15) is 13.2 Å². The van der Waals surface area contributed by atoms with Gasteiger partial charge in [-0.1, -0.05) is 0 Å². The highest BCUT2D eigenvalue weighted by Gasteiger charge is 2.80. The minimum atomic E-state index is -4.77. The van der Waals surface area contributed by atoms with Crippen LogP contribution in [0, 0.1) is 10.8 Å². The molecule has 9 heteroatoms. The van der Waals surface area contributed by atoms with Gasteiger partial charge < -0.3 is 15.0 Å². The molecule has 4 aliphatic rings. The Kier molecular flexibility index (Phi) is 3.13. The highest BCUT2D eigenvalue weighted by molar-refractivity contribution is 5.55. The summed E-state index contributed by atoms with van der Waals surface area (Å²) < 4.78 is 79.5. The molecule has 3 aliphatic carbocycles. The van der Waals surface area contributed by atoms with Crippen molar-refractivity contribution >= 4 is 5.69 Å². The van der Waals surface area contributed by atoms with E-state index in [1.165, 1.54) is 24.3 Å². The summed E-state index contributed by atoms with van der Waals surface area (Å²) in [7, 11) is 0. The van der Waals surface area contributed by atoms with Crippen LogP contribution in [0.25, 0.3) is 0 Å². The third-order valence-electron chi connectivity index (χ3n) is 5.39. The van der Waals surface area contributed by atoms with Crippen molar-refractivity contribution in [1.29, 1.82) is 0 Å². The lowest BCUT2D eigenvalue weighted by Crippen LogP contribution is -2.75. The summed E-state index contributed by atoms with van der Waals surface area (Å²) in [5.74, 6) is -0.342. The van der Waals surface area contributed by atoms with Gasteiger partial charge in [0.25, 0.3) is 0 Å². The summed E-state index contributed by atoms with van der Waals surface area (Å²) in [5, 5.41) is 3.07. The van der Waals surface area contributed by atoms with Gasteiger partial charge in [-0.05, 0) is 43.5 Å². The Morgan fingerprint density at radius 2 is 1.60 bits per heavy atom. The fourth-order valence-electron chi connectivity index (χ4n) is 4.36. The SMILES string of the molecule is FC(F)(F)Oc1ccc(N2C=CNC2C23CC(C(F)(F)F)(C2)C3)cc1. The summed E-state index contributed by atoms with van der Waals surface area (Å²) in [4.78, 5) is 1.76. The topological polar surface area (TPSA) is 24.5 Å². The zero-order chi connectivity index (χ0) is 18.1. The highest BCUT2D eigenvalue weighted by Crippen LogP contribution is 2.80. The second-order valence-corrected chi connectivity index (χ2v) is 7.00. The fourth-order valence-corrected chi connectivity index (χ4v) is 4.36. The average Bonchev–Trinajstić information content (AvgIpc) is 2.82. The van der Waals surface area contributed by atoms with Crippen molar-refractivity contribution in [1.82, 2.24) is 5.32 Å². The van der Waals surface area contributed by atoms with Gasteiger partial charge in [-0.3, -0.25) is 0 Å². The number of hydrogen-bond donors (Lipinski definition) is 1. The third kappa shape index (κ3) is 2.43. The van der Waals surface area contributed by atoms with Gasteiger partial charge in [0, 0.05) is 23.5 Å². The van der Waals surface area contributed by atoms with E-state index in [0.717, 1.165) is 0 Å². The molecule has 0 aromatic heterocycles. The second-order valence-electron chi connectivity index (χ2n) is 7.00. The predicted molar refractivity (Wildman–Crippen MR) is 76.4 cm³/mol. The van der Waals surface area contributed by atoms with E-state index >= 15 is 0 Å². The highest BCUT2D eigenvalue weighted by atomic mass is 19.4. The Morgan fingerprint density at radius 1 is 1.00 bits per heavy atom. The van der Waals surface area contributed by atoms with Gasteiger partial charge in [0.2, 0.25) is 0 Å². The van der Waals surface area contributed by atoms with E-state index in [1.807, 2.05) is 0 Å². The lowest BCUT2D eigenvalue weighted by Gasteiger charge is -2.73. The molecule has 25 heavy (non-hydrogen) atoms. The second kappa shape index (κ2) is 4.76. The molecule has 1 aromatic carbocycles. The van der Waals surface area contributed by atoms with Crippen molar-refractivity contribution in [3.8, 4) is 5.75 Å². The zero-order valence-corrected chi connectivity index (χ0v) is 12.8.